The lowest BCUT2D eigenvalue weighted by molar-refractivity contribution is -0.124. The van der Waals surface area contributed by atoms with Gasteiger partial charge in [0.15, 0.2) is 23.0 Å². The van der Waals surface area contributed by atoms with Crippen LogP contribution in [0.15, 0.2) is 42.6 Å². The average Bonchev–Trinajstić information content (AvgIpc) is 2.80. The van der Waals surface area contributed by atoms with Gasteiger partial charge < -0.3 is 24.3 Å². The van der Waals surface area contributed by atoms with Crippen molar-refractivity contribution in [3.63, 3.8) is 0 Å². The van der Waals surface area contributed by atoms with Gasteiger partial charge in [-0.25, -0.2) is 0 Å². The Labute approximate surface area is 182 Å². The zero-order chi connectivity index (χ0) is 22.5. The number of nitrogens with zero attached hydrogens (tertiary/aromatic N) is 1. The van der Waals surface area contributed by atoms with E-state index in [2.05, 4.69) is 10.3 Å². The Hall–Kier alpha value is -3.48. The first kappa shape index (κ1) is 22.2. The highest BCUT2D eigenvalue weighted by Crippen LogP contribution is 2.37. The fourth-order valence-corrected chi connectivity index (χ4v) is 3.40. The van der Waals surface area contributed by atoms with E-state index in [0.29, 0.717) is 28.7 Å². The molecule has 1 heterocycles. The minimum atomic E-state index is -0.503. The first-order chi connectivity index (χ1) is 14.9. The number of hydrogen-bond acceptors (Lipinski definition) is 6. The van der Waals surface area contributed by atoms with E-state index in [0.717, 1.165) is 16.3 Å². The van der Waals surface area contributed by atoms with Gasteiger partial charge in [-0.3, -0.25) is 9.78 Å². The summed E-state index contributed by atoms with van der Waals surface area (Å²) in [5.41, 5.74) is 1.51. The second kappa shape index (κ2) is 9.55. The number of aromatic nitrogens is 1. The van der Waals surface area contributed by atoms with Crippen LogP contribution in [0.25, 0.3) is 10.8 Å². The summed E-state index contributed by atoms with van der Waals surface area (Å²) in [5.74, 6) is 2.12. The second-order valence-electron chi connectivity index (χ2n) is 7.34. The predicted molar refractivity (Wildman–Crippen MR) is 119 cm³/mol. The summed E-state index contributed by atoms with van der Waals surface area (Å²) in [6.07, 6.45) is 1.72. The van der Waals surface area contributed by atoms with Gasteiger partial charge in [-0.1, -0.05) is 19.9 Å². The molecule has 0 bridgehead atoms. The van der Waals surface area contributed by atoms with E-state index in [9.17, 15) is 4.79 Å². The summed E-state index contributed by atoms with van der Waals surface area (Å²) < 4.78 is 21.8. The molecule has 3 rings (SSSR count). The molecule has 1 N–H and O–H groups in total. The van der Waals surface area contributed by atoms with Crippen LogP contribution >= 0.6 is 0 Å². The summed E-state index contributed by atoms with van der Waals surface area (Å²) in [4.78, 5) is 17.3. The van der Waals surface area contributed by atoms with E-state index in [4.69, 9.17) is 18.9 Å². The number of ether oxygens (including phenoxy) is 4. The van der Waals surface area contributed by atoms with Gasteiger partial charge in [-0.2, -0.15) is 0 Å². The molecule has 0 saturated heterocycles. The molecule has 1 aromatic heterocycles. The standard InChI is InChI=1S/C24H28N2O5/c1-14(2)24(27)26-22(16-7-8-18(28-3)19(12-16)29-4)23-17-13-21(31-6)20(30-5)11-15(17)9-10-25-23/h7-14,22H,1-6H3,(H,26,27)/t22-/m0/s1. The molecule has 0 spiro atoms. The fraction of sp³-hybridized carbons (Fsp3) is 0.333. The minimum Gasteiger partial charge on any atom is -0.493 e. The first-order valence-corrected chi connectivity index (χ1v) is 9.96. The number of nitrogens with one attached hydrogen (secondary N) is 1. The smallest absolute Gasteiger partial charge is 0.223 e. The predicted octanol–water partition coefficient (Wildman–Crippen LogP) is 4.13. The van der Waals surface area contributed by atoms with Crippen LogP contribution in [0.1, 0.15) is 31.1 Å². The molecule has 1 atom stereocenters. The molecule has 0 aliphatic rings. The van der Waals surface area contributed by atoms with Crippen LogP contribution in [-0.4, -0.2) is 39.3 Å². The van der Waals surface area contributed by atoms with E-state index in [1.807, 2.05) is 50.2 Å². The highest BCUT2D eigenvalue weighted by molar-refractivity contribution is 5.89. The maximum Gasteiger partial charge on any atom is 0.223 e. The average molecular weight is 424 g/mol. The SMILES string of the molecule is COc1ccc([C@H](NC(=O)C(C)C)c2nccc3cc(OC)c(OC)cc23)cc1OC. The Morgan fingerprint density at radius 3 is 2.06 bits per heavy atom. The van der Waals surface area contributed by atoms with Gasteiger partial charge in [-0.05, 0) is 41.3 Å². The minimum absolute atomic E-state index is 0.0842. The molecular formula is C24H28N2O5. The largest absolute Gasteiger partial charge is 0.493 e. The van der Waals surface area contributed by atoms with Crippen molar-refractivity contribution in [3.8, 4) is 23.0 Å². The van der Waals surface area contributed by atoms with Gasteiger partial charge in [0, 0.05) is 17.5 Å². The monoisotopic (exact) mass is 424 g/mol. The summed E-state index contributed by atoms with van der Waals surface area (Å²) in [6.45, 7) is 3.71. The van der Waals surface area contributed by atoms with Crippen molar-refractivity contribution in [2.75, 3.05) is 28.4 Å². The van der Waals surface area contributed by atoms with Crippen LogP contribution in [0, 0.1) is 5.92 Å². The summed E-state index contributed by atoms with van der Waals surface area (Å²) in [5, 5.41) is 4.90. The lowest BCUT2D eigenvalue weighted by Crippen LogP contribution is -2.33. The third-order valence-electron chi connectivity index (χ3n) is 5.12. The molecule has 0 radical (unpaired) electrons. The molecule has 2 aromatic carbocycles. The number of carbonyl (C=O) groups is 1. The number of rotatable bonds is 8. The molecule has 31 heavy (non-hydrogen) atoms. The molecule has 3 aromatic rings. The van der Waals surface area contributed by atoms with Crippen molar-refractivity contribution in [1.29, 1.82) is 0 Å². The third-order valence-corrected chi connectivity index (χ3v) is 5.12. The molecule has 0 aliphatic heterocycles. The van der Waals surface area contributed by atoms with Gasteiger partial charge in [0.2, 0.25) is 5.91 Å². The number of fused-ring (bicyclic) bond motifs is 1. The van der Waals surface area contributed by atoms with E-state index in [-0.39, 0.29) is 11.8 Å². The summed E-state index contributed by atoms with van der Waals surface area (Å²) >= 11 is 0. The zero-order valence-electron chi connectivity index (χ0n) is 18.7. The number of benzene rings is 2. The van der Waals surface area contributed by atoms with Gasteiger partial charge in [0.25, 0.3) is 0 Å². The second-order valence-corrected chi connectivity index (χ2v) is 7.34. The molecule has 0 unspecified atom stereocenters. The van der Waals surface area contributed by atoms with E-state index in [1.165, 1.54) is 0 Å². The maximum atomic E-state index is 12.7. The van der Waals surface area contributed by atoms with Gasteiger partial charge >= 0.3 is 0 Å². The third kappa shape index (κ3) is 4.50. The van der Waals surface area contributed by atoms with Gasteiger partial charge in [0.1, 0.15) is 0 Å². The van der Waals surface area contributed by atoms with Gasteiger partial charge in [0.05, 0.1) is 40.2 Å². The molecule has 0 saturated carbocycles. The summed E-state index contributed by atoms with van der Waals surface area (Å²) in [7, 11) is 6.35. The molecule has 1 amide bonds. The van der Waals surface area contributed by atoms with E-state index < -0.39 is 6.04 Å². The molecular weight excluding hydrogens is 396 g/mol. The van der Waals surface area contributed by atoms with Crippen molar-refractivity contribution >= 4 is 16.7 Å². The van der Waals surface area contributed by atoms with E-state index >= 15 is 0 Å². The highest BCUT2D eigenvalue weighted by atomic mass is 16.5. The number of amides is 1. The molecule has 164 valence electrons. The topological polar surface area (TPSA) is 78.9 Å². The highest BCUT2D eigenvalue weighted by Gasteiger charge is 2.24. The fourth-order valence-electron chi connectivity index (χ4n) is 3.40. The summed E-state index contributed by atoms with van der Waals surface area (Å²) in [6, 6.07) is 10.7. The number of carbonyl (C=O) groups excluding carboxylic acids is 1. The van der Waals surface area contributed by atoms with Crippen LogP contribution in [0.2, 0.25) is 0 Å². The number of pyridine rings is 1. The van der Waals surface area contributed by atoms with Crippen LogP contribution in [0.3, 0.4) is 0 Å². The number of methoxy groups -OCH3 is 4. The van der Waals surface area contributed by atoms with Crippen LogP contribution < -0.4 is 24.3 Å². The van der Waals surface area contributed by atoms with Crippen LogP contribution in [0.5, 0.6) is 23.0 Å². The Bertz CT molecular complexity index is 1080. The van der Waals surface area contributed by atoms with Crippen molar-refractivity contribution in [1.82, 2.24) is 10.3 Å². The lowest BCUT2D eigenvalue weighted by atomic mass is 9.97. The van der Waals surface area contributed by atoms with Crippen LogP contribution in [-0.2, 0) is 4.79 Å². The molecule has 0 fully saturated rings. The quantitative estimate of drug-likeness (QED) is 0.586. The first-order valence-electron chi connectivity index (χ1n) is 9.96. The lowest BCUT2D eigenvalue weighted by Gasteiger charge is -2.23. The molecule has 7 heteroatoms. The molecule has 7 nitrogen and oxygen atoms in total. The van der Waals surface area contributed by atoms with Crippen molar-refractivity contribution in [3.05, 3.63) is 53.9 Å². The maximum absolute atomic E-state index is 12.7. The Balaban J connectivity index is 2.22. The van der Waals surface area contributed by atoms with Crippen LogP contribution in [0.4, 0.5) is 0 Å². The van der Waals surface area contributed by atoms with Crippen molar-refractivity contribution in [2.45, 2.75) is 19.9 Å². The van der Waals surface area contributed by atoms with Crippen molar-refractivity contribution in [2.24, 2.45) is 5.92 Å². The van der Waals surface area contributed by atoms with Crippen molar-refractivity contribution < 1.29 is 23.7 Å². The molecule has 0 aliphatic carbocycles. The Kier molecular flexibility index (Phi) is 6.84. The normalized spacial score (nSPS) is 11.8. The Morgan fingerprint density at radius 1 is 0.839 bits per heavy atom. The zero-order valence-corrected chi connectivity index (χ0v) is 18.7. The van der Waals surface area contributed by atoms with Gasteiger partial charge in [-0.15, -0.1) is 0 Å². The Morgan fingerprint density at radius 2 is 1.45 bits per heavy atom. The number of hydrogen-bond donors (Lipinski definition) is 1. The van der Waals surface area contributed by atoms with E-state index in [1.54, 1.807) is 34.6 Å².